The first-order chi connectivity index (χ1) is 14.9. The average molecular weight is 474 g/mol. The van der Waals surface area contributed by atoms with Crippen LogP contribution in [0.25, 0.3) is 28.6 Å². The molecule has 31 heavy (non-hydrogen) atoms. The predicted octanol–water partition coefficient (Wildman–Crippen LogP) is 7.12. The van der Waals surface area contributed by atoms with Crippen LogP contribution >= 0.6 is 34.8 Å². The summed E-state index contributed by atoms with van der Waals surface area (Å²) in [6.45, 7) is 0. The van der Waals surface area contributed by atoms with Gasteiger partial charge in [0.2, 0.25) is 11.8 Å². The third-order valence-electron chi connectivity index (χ3n) is 4.38. The fourth-order valence-corrected chi connectivity index (χ4v) is 3.80. The van der Waals surface area contributed by atoms with Gasteiger partial charge in [0.15, 0.2) is 5.58 Å². The molecule has 0 aliphatic carbocycles. The van der Waals surface area contributed by atoms with Gasteiger partial charge in [-0.25, -0.2) is 4.98 Å². The minimum Gasteiger partial charge on any atom is -0.495 e. The SMILES string of the molecule is COc1c(Cl)cc(Cl)cc1C=CC(=O)Nc1ccc2oc(-c3cccc(Cl)c3)nc2c1. The van der Waals surface area contributed by atoms with E-state index in [-0.39, 0.29) is 5.91 Å². The number of oxazole rings is 1. The first-order valence-corrected chi connectivity index (χ1v) is 10.2. The topological polar surface area (TPSA) is 64.4 Å². The lowest BCUT2D eigenvalue weighted by molar-refractivity contribution is -0.111. The molecule has 0 spiro atoms. The van der Waals surface area contributed by atoms with Crippen molar-refractivity contribution in [3.05, 3.63) is 81.3 Å². The number of halogens is 3. The van der Waals surface area contributed by atoms with E-state index in [4.69, 9.17) is 44.0 Å². The Morgan fingerprint density at radius 2 is 1.90 bits per heavy atom. The number of nitrogens with zero attached hydrogens (tertiary/aromatic N) is 1. The number of carbonyl (C=O) groups is 1. The standard InChI is InChI=1S/C23H15Cl3N2O3/c1-30-22-13(9-16(25)11-18(22)26)5-8-21(29)27-17-6-7-20-19(12-17)28-23(31-20)14-3-2-4-15(24)10-14/h2-12H,1H3,(H,27,29). The Balaban J connectivity index is 1.53. The summed E-state index contributed by atoms with van der Waals surface area (Å²) in [6, 6.07) is 15.7. The lowest BCUT2D eigenvalue weighted by Crippen LogP contribution is -2.07. The van der Waals surface area contributed by atoms with E-state index >= 15 is 0 Å². The van der Waals surface area contributed by atoms with E-state index in [2.05, 4.69) is 10.3 Å². The van der Waals surface area contributed by atoms with Crippen molar-refractivity contribution < 1.29 is 13.9 Å². The second kappa shape index (κ2) is 9.02. The molecule has 1 amide bonds. The van der Waals surface area contributed by atoms with E-state index in [9.17, 15) is 4.79 Å². The van der Waals surface area contributed by atoms with Crippen LogP contribution in [0.5, 0.6) is 5.75 Å². The fraction of sp³-hybridized carbons (Fsp3) is 0.0435. The molecule has 4 aromatic rings. The number of aromatic nitrogens is 1. The van der Waals surface area contributed by atoms with E-state index in [1.807, 2.05) is 12.1 Å². The van der Waals surface area contributed by atoms with Crippen molar-refractivity contribution in [3.8, 4) is 17.2 Å². The second-order valence-electron chi connectivity index (χ2n) is 6.54. The summed E-state index contributed by atoms with van der Waals surface area (Å²) in [5.74, 6) is 0.551. The van der Waals surface area contributed by atoms with Crippen LogP contribution in [0, 0.1) is 0 Å². The van der Waals surface area contributed by atoms with Gasteiger partial charge in [0, 0.05) is 32.9 Å². The number of hydrogen-bond acceptors (Lipinski definition) is 4. The van der Waals surface area contributed by atoms with E-state index in [1.54, 1.807) is 48.5 Å². The maximum absolute atomic E-state index is 12.4. The van der Waals surface area contributed by atoms with Crippen LogP contribution in [-0.2, 0) is 4.79 Å². The molecule has 1 N–H and O–H groups in total. The Bertz CT molecular complexity index is 1310. The third-order valence-corrected chi connectivity index (χ3v) is 5.12. The number of amides is 1. The van der Waals surface area contributed by atoms with Gasteiger partial charge in [0.1, 0.15) is 11.3 Å². The third kappa shape index (κ3) is 4.85. The first-order valence-electron chi connectivity index (χ1n) is 9.11. The molecule has 0 fully saturated rings. The Kier molecular flexibility index (Phi) is 6.18. The van der Waals surface area contributed by atoms with Crippen molar-refractivity contribution >= 4 is 63.6 Å². The van der Waals surface area contributed by atoms with Gasteiger partial charge in [0.05, 0.1) is 12.1 Å². The zero-order valence-corrected chi connectivity index (χ0v) is 18.4. The number of nitrogens with one attached hydrogen (secondary N) is 1. The van der Waals surface area contributed by atoms with Crippen LogP contribution in [0.2, 0.25) is 15.1 Å². The number of carbonyl (C=O) groups excluding carboxylic acids is 1. The largest absolute Gasteiger partial charge is 0.495 e. The lowest BCUT2D eigenvalue weighted by atomic mass is 10.2. The van der Waals surface area contributed by atoms with Crippen LogP contribution in [0.15, 0.2) is 65.1 Å². The van der Waals surface area contributed by atoms with Gasteiger partial charge in [-0.1, -0.05) is 40.9 Å². The zero-order chi connectivity index (χ0) is 22.0. The fourth-order valence-electron chi connectivity index (χ4n) is 3.02. The second-order valence-corrected chi connectivity index (χ2v) is 7.82. The predicted molar refractivity (Wildman–Crippen MR) is 125 cm³/mol. The van der Waals surface area contributed by atoms with Gasteiger partial charge in [-0.05, 0) is 54.6 Å². The van der Waals surface area contributed by atoms with Gasteiger partial charge in [0.25, 0.3) is 0 Å². The molecule has 5 nitrogen and oxygen atoms in total. The van der Waals surface area contributed by atoms with E-state index < -0.39 is 0 Å². The van der Waals surface area contributed by atoms with Crippen LogP contribution in [0.3, 0.4) is 0 Å². The molecule has 0 unspecified atom stereocenters. The summed E-state index contributed by atoms with van der Waals surface area (Å²) in [4.78, 5) is 16.9. The summed E-state index contributed by atoms with van der Waals surface area (Å²) in [6.07, 6.45) is 2.95. The maximum Gasteiger partial charge on any atom is 0.248 e. The lowest BCUT2D eigenvalue weighted by Gasteiger charge is -2.08. The molecular weight excluding hydrogens is 459 g/mol. The number of rotatable bonds is 5. The van der Waals surface area contributed by atoms with E-state index in [0.29, 0.717) is 49.1 Å². The smallest absolute Gasteiger partial charge is 0.248 e. The molecule has 1 aromatic heterocycles. The number of anilines is 1. The molecule has 3 aromatic carbocycles. The highest BCUT2D eigenvalue weighted by Crippen LogP contribution is 2.33. The molecule has 8 heteroatoms. The highest BCUT2D eigenvalue weighted by molar-refractivity contribution is 6.36. The van der Waals surface area contributed by atoms with Gasteiger partial charge in [-0.15, -0.1) is 0 Å². The van der Waals surface area contributed by atoms with E-state index in [0.717, 1.165) is 5.56 Å². The highest BCUT2D eigenvalue weighted by atomic mass is 35.5. The Labute approximate surface area is 193 Å². The average Bonchev–Trinajstić information content (AvgIpc) is 3.15. The van der Waals surface area contributed by atoms with Crippen LogP contribution < -0.4 is 10.1 Å². The quantitative estimate of drug-likeness (QED) is 0.314. The van der Waals surface area contributed by atoms with Gasteiger partial charge >= 0.3 is 0 Å². The molecular formula is C23H15Cl3N2O3. The Morgan fingerprint density at radius 3 is 2.68 bits per heavy atom. The number of methoxy groups -OCH3 is 1. The monoisotopic (exact) mass is 472 g/mol. The van der Waals surface area contributed by atoms with Crippen molar-refractivity contribution in [2.75, 3.05) is 12.4 Å². The van der Waals surface area contributed by atoms with E-state index in [1.165, 1.54) is 13.2 Å². The molecule has 4 rings (SSSR count). The summed E-state index contributed by atoms with van der Waals surface area (Å²) >= 11 is 18.2. The molecule has 0 aliphatic rings. The van der Waals surface area contributed by atoms with Crippen LogP contribution in [0.4, 0.5) is 5.69 Å². The summed E-state index contributed by atoms with van der Waals surface area (Å²) in [5.41, 5.74) is 3.14. The number of benzene rings is 3. The molecule has 0 atom stereocenters. The zero-order valence-electron chi connectivity index (χ0n) is 16.2. The summed E-state index contributed by atoms with van der Waals surface area (Å²) in [5, 5.41) is 4.19. The summed E-state index contributed by atoms with van der Waals surface area (Å²) < 4.78 is 11.1. The van der Waals surface area contributed by atoms with Crippen molar-refractivity contribution in [3.63, 3.8) is 0 Å². The summed E-state index contributed by atoms with van der Waals surface area (Å²) in [7, 11) is 1.50. The number of ether oxygens (including phenoxy) is 1. The van der Waals surface area contributed by atoms with Crippen molar-refractivity contribution in [2.45, 2.75) is 0 Å². The molecule has 0 bridgehead atoms. The highest BCUT2D eigenvalue weighted by Gasteiger charge is 2.11. The Morgan fingerprint density at radius 1 is 1.06 bits per heavy atom. The number of hydrogen-bond donors (Lipinski definition) is 1. The molecule has 1 heterocycles. The van der Waals surface area contributed by atoms with Gasteiger partial charge < -0.3 is 14.5 Å². The van der Waals surface area contributed by atoms with Crippen LogP contribution in [0.1, 0.15) is 5.56 Å². The van der Waals surface area contributed by atoms with Crippen molar-refractivity contribution in [2.24, 2.45) is 0 Å². The molecule has 0 saturated carbocycles. The Hall–Kier alpha value is -2.99. The normalized spacial score (nSPS) is 11.2. The van der Waals surface area contributed by atoms with Crippen molar-refractivity contribution in [1.82, 2.24) is 4.98 Å². The van der Waals surface area contributed by atoms with Crippen LogP contribution in [-0.4, -0.2) is 18.0 Å². The first kappa shape index (κ1) is 21.2. The molecule has 0 aliphatic heterocycles. The van der Waals surface area contributed by atoms with Crippen molar-refractivity contribution in [1.29, 1.82) is 0 Å². The van der Waals surface area contributed by atoms with Gasteiger partial charge in [-0.3, -0.25) is 4.79 Å². The minimum absolute atomic E-state index is 0.337. The molecule has 156 valence electrons. The van der Waals surface area contributed by atoms with Gasteiger partial charge in [-0.2, -0.15) is 0 Å². The molecule has 0 saturated heterocycles. The number of fused-ring (bicyclic) bond motifs is 1. The maximum atomic E-state index is 12.4. The minimum atomic E-state index is -0.337. The molecule has 0 radical (unpaired) electrons.